The summed E-state index contributed by atoms with van der Waals surface area (Å²) in [4.78, 5) is 1.16. The molecule has 0 atom stereocenters. The molecule has 1 heterocycles. The lowest BCUT2D eigenvalue weighted by Gasteiger charge is -2.17. The van der Waals surface area contributed by atoms with Crippen LogP contribution in [0.3, 0.4) is 0 Å². The summed E-state index contributed by atoms with van der Waals surface area (Å²) in [5.74, 6) is 0.332. The van der Waals surface area contributed by atoms with E-state index in [1.807, 2.05) is 6.92 Å². The number of aliphatic hydroxyl groups is 1. The van der Waals surface area contributed by atoms with E-state index in [0.717, 1.165) is 11.4 Å². The molecule has 0 unspecified atom stereocenters. The molecule has 0 saturated heterocycles. The molecule has 0 radical (unpaired) electrons. The maximum Gasteiger partial charge on any atom is 0.318 e. The molecule has 17 heavy (non-hydrogen) atoms. The largest absolute Gasteiger partial charge is 0.407 e. The first-order valence-electron chi connectivity index (χ1n) is 5.34. The average molecular weight is 250 g/mol. The van der Waals surface area contributed by atoms with Gasteiger partial charge >= 0.3 is 6.01 Å². The number of aliphatic hydroxyl groups excluding tert-OH is 1. The van der Waals surface area contributed by atoms with E-state index in [4.69, 9.17) is 9.52 Å². The summed E-state index contributed by atoms with van der Waals surface area (Å²) in [6, 6.07) is 0.00672. The van der Waals surface area contributed by atoms with Crippen molar-refractivity contribution >= 4 is 6.01 Å². The number of anilines is 1. The Kier molecular flexibility index (Phi) is 5.78. The van der Waals surface area contributed by atoms with Gasteiger partial charge in [0.2, 0.25) is 5.89 Å². The first kappa shape index (κ1) is 13.8. The summed E-state index contributed by atoms with van der Waals surface area (Å²) in [5.41, 5.74) is 0. The Balaban J connectivity index is 2.62. The first-order valence-corrected chi connectivity index (χ1v) is 5.34. The second-order valence-corrected chi connectivity index (χ2v) is 3.32. The van der Waals surface area contributed by atoms with Crippen molar-refractivity contribution in [2.24, 2.45) is 0 Å². The maximum atomic E-state index is 12.3. The van der Waals surface area contributed by atoms with Gasteiger partial charge in [0.15, 0.2) is 0 Å². The molecule has 1 rings (SSSR count). The normalized spacial score (nSPS) is 11.1. The zero-order chi connectivity index (χ0) is 12.7. The van der Waals surface area contributed by atoms with Crippen LogP contribution >= 0.6 is 0 Å². The van der Waals surface area contributed by atoms with Crippen LogP contribution in [-0.2, 0) is 6.54 Å². The third-order valence-corrected chi connectivity index (χ3v) is 1.98. The predicted molar refractivity (Wildman–Crippen MR) is 57.0 cm³/mol. The van der Waals surface area contributed by atoms with Gasteiger partial charge in [0.05, 0.1) is 19.7 Å². The molecule has 0 aliphatic carbocycles. The van der Waals surface area contributed by atoms with Crippen molar-refractivity contribution in [2.45, 2.75) is 19.9 Å². The van der Waals surface area contributed by atoms with Crippen LogP contribution in [0.5, 0.6) is 0 Å². The molecule has 0 aromatic carbocycles. The van der Waals surface area contributed by atoms with E-state index in [1.54, 1.807) is 0 Å². The highest BCUT2D eigenvalue weighted by Crippen LogP contribution is 2.13. The zero-order valence-electron chi connectivity index (χ0n) is 9.57. The highest BCUT2D eigenvalue weighted by atomic mass is 19.3. The molecule has 2 N–H and O–H groups in total. The summed E-state index contributed by atoms with van der Waals surface area (Å²) in [7, 11) is 0. The minimum atomic E-state index is -2.52. The third-order valence-electron chi connectivity index (χ3n) is 1.98. The van der Waals surface area contributed by atoms with Crippen LogP contribution in [0.1, 0.15) is 12.8 Å². The van der Waals surface area contributed by atoms with Crippen molar-refractivity contribution < 1.29 is 18.3 Å². The number of nitrogens with one attached hydrogen (secondary N) is 1. The van der Waals surface area contributed by atoms with E-state index in [9.17, 15) is 8.78 Å². The van der Waals surface area contributed by atoms with E-state index in [0.29, 0.717) is 12.4 Å². The summed E-state index contributed by atoms with van der Waals surface area (Å²) >= 11 is 0. The van der Waals surface area contributed by atoms with Crippen LogP contribution in [0, 0.1) is 0 Å². The van der Waals surface area contributed by atoms with Crippen molar-refractivity contribution in [1.29, 1.82) is 0 Å². The number of aromatic nitrogens is 2. The van der Waals surface area contributed by atoms with E-state index < -0.39 is 13.0 Å². The number of nitrogens with zero attached hydrogens (tertiary/aromatic N) is 3. The van der Waals surface area contributed by atoms with Gasteiger partial charge in [0.1, 0.15) is 0 Å². The molecule has 0 spiro atoms. The zero-order valence-corrected chi connectivity index (χ0v) is 9.57. The fraction of sp³-hybridized carbons (Fsp3) is 0.778. The molecule has 0 aliphatic heterocycles. The highest BCUT2D eigenvalue weighted by molar-refractivity contribution is 5.23. The van der Waals surface area contributed by atoms with Crippen LogP contribution in [0.25, 0.3) is 0 Å². The average Bonchev–Trinajstić information content (AvgIpc) is 2.73. The fourth-order valence-electron chi connectivity index (χ4n) is 1.23. The second kappa shape index (κ2) is 7.13. The van der Waals surface area contributed by atoms with E-state index in [-0.39, 0.29) is 19.2 Å². The van der Waals surface area contributed by atoms with Crippen LogP contribution in [-0.4, -0.2) is 48.0 Å². The van der Waals surface area contributed by atoms with Gasteiger partial charge in [-0.15, -0.1) is 5.10 Å². The van der Waals surface area contributed by atoms with Gasteiger partial charge in [-0.3, -0.25) is 0 Å². The molecule has 0 saturated carbocycles. The predicted octanol–water partition coefficient (Wildman–Crippen LogP) is 0.243. The lowest BCUT2D eigenvalue weighted by molar-refractivity contribution is 0.150. The van der Waals surface area contributed by atoms with Crippen LogP contribution in [0.2, 0.25) is 0 Å². The monoisotopic (exact) mass is 250 g/mol. The number of rotatable bonds is 8. The first-order chi connectivity index (χ1) is 8.17. The number of halogens is 2. The van der Waals surface area contributed by atoms with Crippen LogP contribution < -0.4 is 10.2 Å². The third kappa shape index (κ3) is 4.61. The summed E-state index contributed by atoms with van der Waals surface area (Å²) in [6.45, 7) is 2.31. The molecule has 1 aromatic heterocycles. The van der Waals surface area contributed by atoms with Crippen molar-refractivity contribution in [3.05, 3.63) is 5.89 Å². The van der Waals surface area contributed by atoms with Crippen LogP contribution in [0.15, 0.2) is 4.42 Å². The molecular formula is C9H16F2N4O2. The quantitative estimate of drug-likeness (QED) is 0.688. The minimum Gasteiger partial charge on any atom is -0.407 e. The Morgan fingerprint density at radius 3 is 2.82 bits per heavy atom. The highest BCUT2D eigenvalue weighted by Gasteiger charge is 2.18. The number of alkyl halides is 2. The summed E-state index contributed by atoms with van der Waals surface area (Å²) in [5, 5.41) is 19.1. The van der Waals surface area contributed by atoms with Gasteiger partial charge in [-0.25, -0.2) is 8.78 Å². The smallest absolute Gasteiger partial charge is 0.318 e. The Hall–Kier alpha value is -1.28. The van der Waals surface area contributed by atoms with Gasteiger partial charge in [-0.1, -0.05) is 12.0 Å². The number of hydrogen-bond donors (Lipinski definition) is 2. The molecule has 0 amide bonds. The second-order valence-electron chi connectivity index (χ2n) is 3.32. The van der Waals surface area contributed by atoms with E-state index >= 15 is 0 Å². The van der Waals surface area contributed by atoms with E-state index in [2.05, 4.69) is 15.5 Å². The Morgan fingerprint density at radius 2 is 2.24 bits per heavy atom. The lowest BCUT2D eigenvalue weighted by atomic mass is 10.5. The van der Waals surface area contributed by atoms with Crippen molar-refractivity contribution in [2.75, 3.05) is 31.1 Å². The minimum absolute atomic E-state index is 0.00672. The molecule has 0 fully saturated rings. The van der Waals surface area contributed by atoms with Crippen molar-refractivity contribution in [3.8, 4) is 0 Å². The topological polar surface area (TPSA) is 74.4 Å². The van der Waals surface area contributed by atoms with Gasteiger partial charge in [0, 0.05) is 6.54 Å². The van der Waals surface area contributed by atoms with Gasteiger partial charge in [0.25, 0.3) is 6.43 Å². The lowest BCUT2D eigenvalue weighted by Crippen LogP contribution is -2.31. The van der Waals surface area contributed by atoms with Crippen molar-refractivity contribution in [3.63, 3.8) is 0 Å². The SMILES string of the molecule is CCNCc1nnc(N(CCO)CC(F)F)o1. The Labute approximate surface area is 97.6 Å². The fourth-order valence-corrected chi connectivity index (χ4v) is 1.23. The summed E-state index contributed by atoms with van der Waals surface area (Å²) < 4.78 is 29.8. The molecule has 6 nitrogen and oxygen atoms in total. The molecule has 1 aromatic rings. The molecule has 8 heteroatoms. The molecular weight excluding hydrogens is 234 g/mol. The van der Waals surface area contributed by atoms with Gasteiger partial charge < -0.3 is 19.7 Å². The summed E-state index contributed by atoms with van der Waals surface area (Å²) in [6.07, 6.45) is -2.52. The Morgan fingerprint density at radius 1 is 1.47 bits per heavy atom. The molecule has 0 bridgehead atoms. The number of hydrogen-bond acceptors (Lipinski definition) is 6. The van der Waals surface area contributed by atoms with E-state index in [1.165, 1.54) is 0 Å². The molecule has 98 valence electrons. The standard InChI is InChI=1S/C9H16F2N4O2/c1-2-12-5-8-13-14-9(17-8)15(3-4-16)6-7(10)11/h7,12,16H,2-6H2,1H3. The maximum absolute atomic E-state index is 12.3. The molecule has 0 aliphatic rings. The van der Waals surface area contributed by atoms with Gasteiger partial charge in [-0.2, -0.15) is 0 Å². The van der Waals surface area contributed by atoms with Crippen molar-refractivity contribution in [1.82, 2.24) is 15.5 Å². The van der Waals surface area contributed by atoms with Gasteiger partial charge in [-0.05, 0) is 6.54 Å². The Bertz CT molecular complexity index is 322. The van der Waals surface area contributed by atoms with Crippen LogP contribution in [0.4, 0.5) is 14.8 Å².